The molecule has 1 saturated heterocycles. The largest absolute Gasteiger partial charge is 0.492 e. The van der Waals surface area contributed by atoms with Gasteiger partial charge in [-0.3, -0.25) is 9.59 Å². The number of H-pyrrole nitrogens is 1. The Morgan fingerprint density at radius 1 is 1.11 bits per heavy atom. The molecule has 9 nitrogen and oxygen atoms in total. The number of benzene rings is 2. The summed E-state index contributed by atoms with van der Waals surface area (Å²) in [6.07, 6.45) is 1.25. The first-order chi connectivity index (χ1) is 17.0. The molecular weight excluding hydrogens is 472 g/mol. The minimum atomic E-state index is -0.607. The molecule has 0 spiro atoms. The maximum Gasteiger partial charge on any atom is 0.264 e. The summed E-state index contributed by atoms with van der Waals surface area (Å²) in [6, 6.07) is 10.4. The third-order valence-corrected chi connectivity index (χ3v) is 5.67. The summed E-state index contributed by atoms with van der Waals surface area (Å²) >= 11 is 5.92. The average molecular weight is 499 g/mol. The molecule has 184 valence electrons. The van der Waals surface area contributed by atoms with Crippen LogP contribution in [0.4, 0.5) is 11.4 Å². The summed E-state index contributed by atoms with van der Waals surface area (Å²) < 4.78 is 17.1. The Balaban J connectivity index is 1.63. The number of rotatable bonds is 8. The van der Waals surface area contributed by atoms with Crippen molar-refractivity contribution in [2.24, 2.45) is 0 Å². The van der Waals surface area contributed by atoms with Gasteiger partial charge < -0.3 is 29.4 Å². The number of nitrogens with one attached hydrogen (secondary N) is 2. The Hall–Kier alpha value is -3.56. The second-order valence-electron chi connectivity index (χ2n) is 7.72. The first kappa shape index (κ1) is 24.6. The van der Waals surface area contributed by atoms with Gasteiger partial charge in [0.25, 0.3) is 11.5 Å². The number of morpholine rings is 1. The van der Waals surface area contributed by atoms with E-state index in [1.807, 2.05) is 19.9 Å². The molecule has 1 aliphatic rings. The Morgan fingerprint density at radius 2 is 1.80 bits per heavy atom. The van der Waals surface area contributed by atoms with E-state index in [-0.39, 0.29) is 5.56 Å². The Labute approximate surface area is 208 Å². The van der Waals surface area contributed by atoms with Gasteiger partial charge in [-0.1, -0.05) is 11.6 Å². The van der Waals surface area contributed by atoms with E-state index in [4.69, 9.17) is 25.8 Å². The molecule has 1 aromatic heterocycles. The molecule has 0 aliphatic carbocycles. The van der Waals surface area contributed by atoms with Crippen molar-refractivity contribution in [2.75, 3.05) is 49.7 Å². The summed E-state index contributed by atoms with van der Waals surface area (Å²) in [6.45, 7) is 7.29. The van der Waals surface area contributed by atoms with Crippen LogP contribution in [0.3, 0.4) is 0 Å². The Morgan fingerprint density at radius 3 is 2.46 bits per heavy atom. The minimum Gasteiger partial charge on any atom is -0.492 e. The number of anilines is 2. The molecule has 2 heterocycles. The van der Waals surface area contributed by atoms with Crippen LogP contribution in [0, 0.1) is 0 Å². The predicted octanol–water partition coefficient (Wildman–Crippen LogP) is 3.98. The number of amides is 1. The van der Waals surface area contributed by atoms with E-state index in [0.29, 0.717) is 60.0 Å². The molecule has 1 fully saturated rings. The zero-order valence-corrected chi connectivity index (χ0v) is 20.4. The molecule has 0 atom stereocenters. The van der Waals surface area contributed by atoms with Gasteiger partial charge in [0.05, 0.1) is 37.8 Å². The lowest BCUT2D eigenvalue weighted by atomic mass is 10.2. The maximum absolute atomic E-state index is 13.0. The summed E-state index contributed by atoms with van der Waals surface area (Å²) in [4.78, 5) is 34.8. The molecule has 35 heavy (non-hydrogen) atoms. The standard InChI is InChI=1S/C25H27ClN4O5/c1-3-34-21-14-20(30-9-11-33-12-10-30)22(35-4-2)13-19(21)28-24(31)18-15-27-23(29-25(18)32)16-5-7-17(26)8-6-16/h5-8,13-15H,3-4,9-12H2,1-2H3,(H,28,31)(H,27,29,32). The second-order valence-corrected chi connectivity index (χ2v) is 8.15. The molecule has 2 N–H and O–H groups in total. The first-order valence-corrected chi connectivity index (χ1v) is 11.8. The molecule has 2 aromatic carbocycles. The van der Waals surface area contributed by atoms with Crippen LogP contribution in [0.1, 0.15) is 24.2 Å². The Kier molecular flexibility index (Phi) is 7.89. The third kappa shape index (κ3) is 5.75. The molecule has 0 unspecified atom stereocenters. The lowest BCUT2D eigenvalue weighted by Gasteiger charge is -2.31. The SMILES string of the molecule is CCOc1cc(N2CCOCC2)c(OCC)cc1NC(=O)c1cnc(-c2ccc(Cl)cc2)[nH]c1=O. The highest BCUT2D eigenvalue weighted by molar-refractivity contribution is 6.30. The summed E-state index contributed by atoms with van der Waals surface area (Å²) in [7, 11) is 0. The van der Waals surface area contributed by atoms with Crippen LogP contribution in [0.15, 0.2) is 47.4 Å². The van der Waals surface area contributed by atoms with Gasteiger partial charge in [0.15, 0.2) is 0 Å². The topological polar surface area (TPSA) is 106 Å². The quantitative estimate of drug-likeness (QED) is 0.484. The number of hydrogen-bond acceptors (Lipinski definition) is 7. The fraction of sp³-hybridized carbons (Fsp3) is 0.320. The van der Waals surface area contributed by atoms with Gasteiger partial charge >= 0.3 is 0 Å². The minimum absolute atomic E-state index is 0.125. The summed E-state index contributed by atoms with van der Waals surface area (Å²) in [5.74, 6) is 0.821. The van der Waals surface area contributed by atoms with Gasteiger partial charge in [-0.05, 0) is 38.1 Å². The van der Waals surface area contributed by atoms with Crippen molar-refractivity contribution in [1.29, 1.82) is 0 Å². The first-order valence-electron chi connectivity index (χ1n) is 11.4. The number of aromatic amines is 1. The van der Waals surface area contributed by atoms with Gasteiger partial charge in [0, 0.05) is 42.0 Å². The molecule has 4 rings (SSSR count). The molecule has 1 aliphatic heterocycles. The van der Waals surface area contributed by atoms with Crippen molar-refractivity contribution >= 4 is 28.9 Å². The van der Waals surface area contributed by atoms with Crippen molar-refractivity contribution in [3.05, 3.63) is 63.5 Å². The normalized spacial score (nSPS) is 13.4. The van der Waals surface area contributed by atoms with Crippen LogP contribution in [0.2, 0.25) is 5.02 Å². The number of carbonyl (C=O) groups is 1. The van der Waals surface area contributed by atoms with Crippen LogP contribution in [0.5, 0.6) is 11.5 Å². The maximum atomic E-state index is 13.0. The number of hydrogen-bond donors (Lipinski definition) is 2. The fourth-order valence-electron chi connectivity index (χ4n) is 3.75. The van der Waals surface area contributed by atoms with Gasteiger partial charge in [-0.15, -0.1) is 0 Å². The number of aromatic nitrogens is 2. The number of halogens is 1. The molecule has 0 saturated carbocycles. The van der Waals surface area contributed by atoms with Crippen molar-refractivity contribution in [2.45, 2.75) is 13.8 Å². The lowest BCUT2D eigenvalue weighted by Crippen LogP contribution is -2.36. The predicted molar refractivity (Wildman–Crippen MR) is 135 cm³/mol. The van der Waals surface area contributed by atoms with Crippen LogP contribution < -0.4 is 25.2 Å². The number of nitrogens with zero attached hydrogens (tertiary/aromatic N) is 2. The zero-order valence-electron chi connectivity index (χ0n) is 19.6. The lowest BCUT2D eigenvalue weighted by molar-refractivity contribution is 0.102. The highest BCUT2D eigenvalue weighted by Crippen LogP contribution is 2.39. The van der Waals surface area contributed by atoms with E-state index in [0.717, 1.165) is 18.8 Å². The highest BCUT2D eigenvalue weighted by atomic mass is 35.5. The monoisotopic (exact) mass is 498 g/mol. The Bertz CT molecular complexity index is 1240. The summed E-state index contributed by atoms with van der Waals surface area (Å²) in [5.41, 5.74) is 1.26. The molecule has 1 amide bonds. The van der Waals surface area contributed by atoms with Crippen molar-refractivity contribution < 1.29 is 19.0 Å². The van der Waals surface area contributed by atoms with Gasteiger partial charge in [0.2, 0.25) is 0 Å². The van der Waals surface area contributed by atoms with Crippen LogP contribution >= 0.6 is 11.6 Å². The fourth-order valence-corrected chi connectivity index (χ4v) is 3.87. The van der Waals surface area contributed by atoms with E-state index in [1.54, 1.807) is 30.3 Å². The van der Waals surface area contributed by atoms with E-state index >= 15 is 0 Å². The second kappa shape index (κ2) is 11.2. The smallest absolute Gasteiger partial charge is 0.264 e. The van der Waals surface area contributed by atoms with E-state index in [2.05, 4.69) is 20.2 Å². The van der Waals surface area contributed by atoms with Crippen LogP contribution in [-0.4, -0.2) is 55.4 Å². The van der Waals surface area contributed by atoms with E-state index < -0.39 is 11.5 Å². The van der Waals surface area contributed by atoms with Gasteiger partial charge in [-0.2, -0.15) is 0 Å². The molecule has 0 bridgehead atoms. The molecule has 10 heteroatoms. The van der Waals surface area contributed by atoms with Crippen molar-refractivity contribution in [1.82, 2.24) is 9.97 Å². The van der Waals surface area contributed by atoms with Crippen molar-refractivity contribution in [3.8, 4) is 22.9 Å². The van der Waals surface area contributed by atoms with Gasteiger partial charge in [-0.25, -0.2) is 4.98 Å². The van der Waals surface area contributed by atoms with Crippen LogP contribution in [0.25, 0.3) is 11.4 Å². The average Bonchev–Trinajstić information content (AvgIpc) is 2.86. The third-order valence-electron chi connectivity index (χ3n) is 5.42. The number of ether oxygens (including phenoxy) is 3. The van der Waals surface area contributed by atoms with Crippen LogP contribution in [-0.2, 0) is 4.74 Å². The van der Waals surface area contributed by atoms with E-state index in [9.17, 15) is 9.59 Å². The van der Waals surface area contributed by atoms with Crippen molar-refractivity contribution in [3.63, 3.8) is 0 Å². The molecular formula is C25H27ClN4O5. The van der Waals surface area contributed by atoms with Gasteiger partial charge in [0.1, 0.15) is 22.9 Å². The molecule has 0 radical (unpaired) electrons. The number of carbonyl (C=O) groups excluding carboxylic acids is 1. The molecule has 3 aromatic rings. The highest BCUT2D eigenvalue weighted by Gasteiger charge is 2.21. The van der Waals surface area contributed by atoms with E-state index in [1.165, 1.54) is 6.20 Å². The summed E-state index contributed by atoms with van der Waals surface area (Å²) in [5, 5.41) is 3.36. The zero-order chi connectivity index (χ0) is 24.8.